The minimum atomic E-state index is -0.239. The summed E-state index contributed by atoms with van der Waals surface area (Å²) in [5.41, 5.74) is 2.41. The highest BCUT2D eigenvalue weighted by Gasteiger charge is 2.25. The van der Waals surface area contributed by atoms with Crippen molar-refractivity contribution in [3.63, 3.8) is 0 Å². The second kappa shape index (κ2) is 8.66. The van der Waals surface area contributed by atoms with Crippen LogP contribution in [0.25, 0.3) is 11.2 Å². The normalized spacial score (nSPS) is 16.9. The first-order valence-electron chi connectivity index (χ1n) is 9.27. The second-order valence-corrected chi connectivity index (χ2v) is 6.51. The van der Waals surface area contributed by atoms with Crippen molar-refractivity contribution in [3.05, 3.63) is 54.2 Å². The van der Waals surface area contributed by atoms with Gasteiger partial charge < -0.3 is 19.8 Å². The zero-order valence-electron chi connectivity index (χ0n) is 15.4. The SMILES string of the molecule is O=C(NCCc1ccccc1)N1CCOC(COn2nnc3cccnc32)C1. The van der Waals surface area contributed by atoms with Crippen molar-refractivity contribution in [2.45, 2.75) is 12.5 Å². The Morgan fingerprint density at radius 2 is 2.14 bits per heavy atom. The summed E-state index contributed by atoms with van der Waals surface area (Å²) in [6, 6.07) is 13.6. The van der Waals surface area contributed by atoms with Crippen LogP contribution in [0.3, 0.4) is 0 Å². The molecule has 4 rings (SSSR count). The number of amides is 2. The van der Waals surface area contributed by atoms with Gasteiger partial charge in [-0.25, -0.2) is 9.78 Å². The Hall–Kier alpha value is -3.20. The average molecular weight is 382 g/mol. The number of pyridine rings is 1. The van der Waals surface area contributed by atoms with Crippen molar-refractivity contribution in [1.82, 2.24) is 30.4 Å². The first kappa shape index (κ1) is 18.2. The van der Waals surface area contributed by atoms with Crippen LogP contribution in [-0.4, -0.2) is 70.0 Å². The molecule has 1 fully saturated rings. The molecule has 146 valence electrons. The summed E-state index contributed by atoms with van der Waals surface area (Å²) < 4.78 is 5.71. The van der Waals surface area contributed by atoms with Crippen molar-refractivity contribution in [1.29, 1.82) is 0 Å². The highest BCUT2D eigenvalue weighted by atomic mass is 16.7. The fourth-order valence-electron chi connectivity index (χ4n) is 3.06. The molecular weight excluding hydrogens is 360 g/mol. The highest BCUT2D eigenvalue weighted by molar-refractivity contribution is 5.74. The Labute approximate surface area is 162 Å². The Bertz CT molecular complexity index is 916. The summed E-state index contributed by atoms with van der Waals surface area (Å²) in [5, 5.41) is 10.9. The fourth-order valence-corrected chi connectivity index (χ4v) is 3.06. The largest absolute Gasteiger partial charge is 0.391 e. The van der Waals surface area contributed by atoms with Gasteiger partial charge in [0.1, 0.15) is 18.2 Å². The maximum Gasteiger partial charge on any atom is 0.317 e. The van der Waals surface area contributed by atoms with Gasteiger partial charge in [-0.1, -0.05) is 35.2 Å². The molecule has 1 N–H and O–H groups in total. The lowest BCUT2D eigenvalue weighted by molar-refractivity contribution is -0.0655. The molecule has 28 heavy (non-hydrogen) atoms. The van der Waals surface area contributed by atoms with Crippen LogP contribution in [-0.2, 0) is 11.2 Å². The molecule has 0 saturated carbocycles. The molecule has 1 atom stereocenters. The molecule has 3 aromatic rings. The summed E-state index contributed by atoms with van der Waals surface area (Å²) >= 11 is 0. The molecule has 0 aliphatic carbocycles. The van der Waals surface area contributed by atoms with Crippen molar-refractivity contribution in [3.8, 4) is 0 Å². The molecule has 9 nitrogen and oxygen atoms in total. The smallest absolute Gasteiger partial charge is 0.317 e. The molecule has 0 bridgehead atoms. The number of rotatable bonds is 6. The second-order valence-electron chi connectivity index (χ2n) is 6.51. The maximum absolute atomic E-state index is 12.4. The van der Waals surface area contributed by atoms with Crippen LogP contribution in [0.5, 0.6) is 0 Å². The number of nitrogens with zero attached hydrogens (tertiary/aromatic N) is 5. The van der Waals surface area contributed by atoms with E-state index in [0.29, 0.717) is 37.4 Å². The maximum atomic E-state index is 12.4. The number of benzene rings is 1. The Kier molecular flexibility index (Phi) is 5.62. The Morgan fingerprint density at radius 1 is 1.25 bits per heavy atom. The molecule has 1 unspecified atom stereocenters. The van der Waals surface area contributed by atoms with Gasteiger partial charge in [-0.05, 0) is 29.3 Å². The van der Waals surface area contributed by atoms with E-state index in [-0.39, 0.29) is 18.7 Å². The van der Waals surface area contributed by atoms with Gasteiger partial charge in [-0.3, -0.25) is 0 Å². The first-order chi connectivity index (χ1) is 13.8. The van der Waals surface area contributed by atoms with Crippen LogP contribution >= 0.6 is 0 Å². The third-order valence-corrected chi connectivity index (χ3v) is 4.52. The summed E-state index contributed by atoms with van der Waals surface area (Å²) in [6.07, 6.45) is 2.22. The number of ether oxygens (including phenoxy) is 1. The number of hydrogen-bond donors (Lipinski definition) is 1. The zero-order valence-corrected chi connectivity index (χ0v) is 15.4. The number of urea groups is 1. The van der Waals surface area contributed by atoms with Gasteiger partial charge in [-0.2, -0.15) is 0 Å². The molecule has 0 radical (unpaired) electrons. The minimum Gasteiger partial charge on any atom is -0.391 e. The van der Waals surface area contributed by atoms with E-state index < -0.39 is 0 Å². The number of hydrogen-bond acceptors (Lipinski definition) is 6. The monoisotopic (exact) mass is 382 g/mol. The van der Waals surface area contributed by atoms with Gasteiger partial charge in [0.2, 0.25) is 5.65 Å². The lowest BCUT2D eigenvalue weighted by Gasteiger charge is -2.32. The summed E-state index contributed by atoms with van der Waals surface area (Å²) in [6.45, 7) is 2.33. The third kappa shape index (κ3) is 4.37. The number of fused-ring (bicyclic) bond motifs is 1. The van der Waals surface area contributed by atoms with E-state index in [4.69, 9.17) is 9.57 Å². The van der Waals surface area contributed by atoms with E-state index >= 15 is 0 Å². The summed E-state index contributed by atoms with van der Waals surface area (Å²) in [5.74, 6) is 0. The van der Waals surface area contributed by atoms with Gasteiger partial charge >= 0.3 is 6.03 Å². The zero-order chi connectivity index (χ0) is 19.2. The lowest BCUT2D eigenvalue weighted by Crippen LogP contribution is -2.51. The quantitative estimate of drug-likeness (QED) is 0.681. The van der Waals surface area contributed by atoms with Gasteiger partial charge in [0.15, 0.2) is 0 Å². The minimum absolute atomic E-state index is 0.0860. The number of morpholine rings is 1. The Morgan fingerprint density at radius 3 is 3.04 bits per heavy atom. The van der Waals surface area contributed by atoms with E-state index in [1.807, 2.05) is 24.3 Å². The van der Waals surface area contributed by atoms with Crippen LogP contribution in [0.2, 0.25) is 0 Å². The van der Waals surface area contributed by atoms with Crippen molar-refractivity contribution >= 4 is 17.2 Å². The average Bonchev–Trinajstić information content (AvgIpc) is 3.16. The van der Waals surface area contributed by atoms with Crippen molar-refractivity contribution in [2.75, 3.05) is 32.8 Å². The number of carbonyl (C=O) groups excluding carboxylic acids is 1. The molecule has 0 spiro atoms. The molecule has 2 aromatic heterocycles. The van der Waals surface area contributed by atoms with E-state index in [9.17, 15) is 4.79 Å². The highest BCUT2D eigenvalue weighted by Crippen LogP contribution is 2.08. The predicted molar refractivity (Wildman–Crippen MR) is 102 cm³/mol. The predicted octanol–water partition coefficient (Wildman–Crippen LogP) is 0.908. The first-order valence-corrected chi connectivity index (χ1v) is 9.27. The lowest BCUT2D eigenvalue weighted by atomic mass is 10.1. The van der Waals surface area contributed by atoms with Crippen molar-refractivity contribution in [2.24, 2.45) is 0 Å². The third-order valence-electron chi connectivity index (χ3n) is 4.52. The van der Waals surface area contributed by atoms with Crippen LogP contribution in [0.15, 0.2) is 48.7 Å². The van der Waals surface area contributed by atoms with Gasteiger partial charge in [0, 0.05) is 19.3 Å². The number of nitrogens with one attached hydrogen (secondary N) is 1. The van der Waals surface area contributed by atoms with E-state index in [1.54, 1.807) is 17.2 Å². The molecule has 1 aromatic carbocycles. The van der Waals surface area contributed by atoms with E-state index in [2.05, 4.69) is 32.7 Å². The number of carbonyl (C=O) groups is 1. The molecule has 1 saturated heterocycles. The molecule has 1 aliphatic rings. The van der Waals surface area contributed by atoms with E-state index in [0.717, 1.165) is 6.42 Å². The topological polar surface area (TPSA) is 94.4 Å². The van der Waals surface area contributed by atoms with Crippen LogP contribution in [0.4, 0.5) is 4.79 Å². The van der Waals surface area contributed by atoms with E-state index in [1.165, 1.54) is 10.4 Å². The Balaban J connectivity index is 1.25. The van der Waals surface area contributed by atoms with Gasteiger partial charge in [0.05, 0.1) is 13.2 Å². The summed E-state index contributed by atoms with van der Waals surface area (Å²) in [7, 11) is 0. The van der Waals surface area contributed by atoms with Crippen molar-refractivity contribution < 1.29 is 14.4 Å². The molecule has 3 heterocycles. The molecule has 2 amide bonds. The van der Waals surface area contributed by atoms with Crippen LogP contribution < -0.4 is 10.2 Å². The number of aromatic nitrogens is 4. The van der Waals surface area contributed by atoms with Crippen LogP contribution in [0.1, 0.15) is 5.56 Å². The van der Waals surface area contributed by atoms with Gasteiger partial charge in [0.25, 0.3) is 0 Å². The fraction of sp³-hybridized carbons (Fsp3) is 0.368. The molecule has 1 aliphatic heterocycles. The molecular formula is C19H22N6O3. The van der Waals surface area contributed by atoms with Gasteiger partial charge in [-0.15, -0.1) is 5.10 Å². The molecule has 9 heteroatoms. The van der Waals surface area contributed by atoms with Crippen LogP contribution in [0, 0.1) is 0 Å². The summed E-state index contributed by atoms with van der Waals surface area (Å²) in [4.78, 5) is 25.3. The standard InChI is InChI=1S/C19H22N6O3/c26-19(21-10-8-15-5-2-1-3-6-15)24-11-12-27-16(13-24)14-28-25-18-17(22-23-25)7-4-9-20-18/h1-7,9,16H,8,10-14H2,(H,21,26).